The summed E-state index contributed by atoms with van der Waals surface area (Å²) >= 11 is 7.73. The Hall–Kier alpha value is -2.51. The van der Waals surface area contributed by atoms with Crippen molar-refractivity contribution in [3.05, 3.63) is 59.6 Å². The highest BCUT2D eigenvalue weighted by Crippen LogP contribution is 2.30. The summed E-state index contributed by atoms with van der Waals surface area (Å²) in [5.74, 6) is 0.828. The molecule has 8 heteroatoms. The molecule has 0 radical (unpaired) electrons. The fourth-order valence-electron chi connectivity index (χ4n) is 3.58. The molecule has 1 aliphatic rings. The molecule has 0 spiro atoms. The summed E-state index contributed by atoms with van der Waals surface area (Å²) in [5.41, 5.74) is 2.04. The average molecular weight is 442 g/mol. The maximum atomic E-state index is 13.0. The fraction of sp³-hybridized carbons (Fsp3) is 0.318. The van der Waals surface area contributed by atoms with E-state index < -0.39 is 0 Å². The van der Waals surface area contributed by atoms with E-state index >= 15 is 0 Å². The molecule has 0 aliphatic carbocycles. The molecule has 1 atom stereocenters. The topological polar surface area (TPSA) is 54.3 Å². The number of para-hydroxylation sites is 1. The molecule has 4 rings (SSSR count). The van der Waals surface area contributed by atoms with Crippen LogP contribution in [0.2, 0.25) is 5.02 Å². The predicted octanol–water partition coefficient (Wildman–Crippen LogP) is 3.96. The Labute approximate surface area is 185 Å². The van der Waals surface area contributed by atoms with Gasteiger partial charge in [0, 0.05) is 44.5 Å². The third-order valence-corrected chi connectivity index (χ3v) is 6.74. The summed E-state index contributed by atoms with van der Waals surface area (Å²) in [4.78, 5) is 17.3. The van der Waals surface area contributed by atoms with Gasteiger partial charge in [0.25, 0.3) is 0 Å². The van der Waals surface area contributed by atoms with Crippen LogP contribution in [0.25, 0.3) is 11.4 Å². The molecule has 6 nitrogen and oxygen atoms in total. The van der Waals surface area contributed by atoms with E-state index in [1.165, 1.54) is 17.4 Å². The van der Waals surface area contributed by atoms with Crippen molar-refractivity contribution in [2.75, 3.05) is 31.1 Å². The Morgan fingerprint density at radius 2 is 1.67 bits per heavy atom. The van der Waals surface area contributed by atoms with Gasteiger partial charge in [-0.3, -0.25) is 4.79 Å². The van der Waals surface area contributed by atoms with E-state index in [1.54, 1.807) is 0 Å². The van der Waals surface area contributed by atoms with Gasteiger partial charge in [0.2, 0.25) is 5.91 Å². The number of carbonyl (C=O) groups excluding carboxylic acids is 1. The van der Waals surface area contributed by atoms with Gasteiger partial charge in [0.15, 0.2) is 11.0 Å². The summed E-state index contributed by atoms with van der Waals surface area (Å²) in [6.45, 7) is 5.06. The molecule has 1 aliphatic heterocycles. The van der Waals surface area contributed by atoms with E-state index in [1.807, 2.05) is 65.9 Å². The second-order valence-corrected chi connectivity index (χ2v) is 8.97. The van der Waals surface area contributed by atoms with Crippen LogP contribution in [0.1, 0.15) is 6.92 Å². The lowest BCUT2D eigenvalue weighted by molar-refractivity contribution is -0.130. The second-order valence-electron chi connectivity index (χ2n) is 7.25. The quantitative estimate of drug-likeness (QED) is 0.561. The van der Waals surface area contributed by atoms with Gasteiger partial charge in [0.05, 0.1) is 10.3 Å². The zero-order valence-electron chi connectivity index (χ0n) is 17.0. The van der Waals surface area contributed by atoms with E-state index in [0.717, 1.165) is 31.7 Å². The lowest BCUT2D eigenvalue weighted by Crippen LogP contribution is -2.50. The number of rotatable bonds is 5. The fourth-order valence-corrected chi connectivity index (χ4v) is 4.70. The highest BCUT2D eigenvalue weighted by Gasteiger charge is 2.27. The lowest BCUT2D eigenvalue weighted by atomic mass is 10.2. The Bertz CT molecular complexity index is 1020. The normalized spacial score (nSPS) is 15.3. The molecular formula is C22H24ClN5OS. The largest absolute Gasteiger partial charge is 0.368 e. The van der Waals surface area contributed by atoms with E-state index in [-0.39, 0.29) is 11.2 Å². The summed E-state index contributed by atoms with van der Waals surface area (Å²) < 4.78 is 1.89. The summed E-state index contributed by atoms with van der Waals surface area (Å²) in [6, 6.07) is 17.9. The summed E-state index contributed by atoms with van der Waals surface area (Å²) in [5, 5.41) is 9.67. The monoisotopic (exact) mass is 441 g/mol. The SMILES string of the molecule is CC(Sc1nnc(-c2ccccc2Cl)n1C)C(=O)N1CCN(c2ccccc2)CC1. The van der Waals surface area contributed by atoms with Gasteiger partial charge >= 0.3 is 0 Å². The maximum Gasteiger partial charge on any atom is 0.236 e. The van der Waals surface area contributed by atoms with Crippen LogP contribution in [0.3, 0.4) is 0 Å². The van der Waals surface area contributed by atoms with Crippen LogP contribution in [0, 0.1) is 0 Å². The van der Waals surface area contributed by atoms with Gasteiger partial charge in [-0.1, -0.05) is 53.7 Å². The molecule has 0 saturated carbocycles. The maximum absolute atomic E-state index is 13.0. The van der Waals surface area contributed by atoms with Crippen LogP contribution in [-0.2, 0) is 11.8 Å². The number of anilines is 1. The van der Waals surface area contributed by atoms with Crippen LogP contribution < -0.4 is 4.90 Å². The van der Waals surface area contributed by atoms with Crippen molar-refractivity contribution in [1.29, 1.82) is 0 Å². The third-order valence-electron chi connectivity index (χ3n) is 5.29. The number of nitrogens with zero attached hydrogens (tertiary/aromatic N) is 5. The first-order valence-corrected chi connectivity index (χ1v) is 11.2. The Balaban J connectivity index is 1.38. The first kappa shape index (κ1) is 20.8. The first-order chi connectivity index (χ1) is 14.5. The van der Waals surface area contributed by atoms with Crippen molar-refractivity contribution in [3.8, 4) is 11.4 Å². The standard InChI is InChI=1S/C22H24ClN5OS/c1-16(21(29)28-14-12-27(13-15-28)17-8-4-3-5-9-17)30-22-25-24-20(26(22)2)18-10-6-7-11-19(18)23/h3-11,16H,12-15H2,1-2H3. The number of piperazine rings is 1. The molecule has 1 saturated heterocycles. The Morgan fingerprint density at radius 1 is 1.00 bits per heavy atom. The Kier molecular flexibility index (Phi) is 6.29. The van der Waals surface area contributed by atoms with Gasteiger partial charge in [0.1, 0.15) is 0 Å². The number of hydrogen-bond acceptors (Lipinski definition) is 5. The summed E-state index contributed by atoms with van der Waals surface area (Å²) in [6.07, 6.45) is 0. The molecule has 0 N–H and O–H groups in total. The molecule has 2 heterocycles. The molecule has 3 aromatic rings. The highest BCUT2D eigenvalue weighted by atomic mass is 35.5. The van der Waals surface area contributed by atoms with E-state index in [9.17, 15) is 4.79 Å². The third kappa shape index (κ3) is 4.32. The van der Waals surface area contributed by atoms with Crippen LogP contribution in [-0.4, -0.2) is 57.0 Å². The summed E-state index contributed by atoms with van der Waals surface area (Å²) in [7, 11) is 1.90. The van der Waals surface area contributed by atoms with Crippen molar-refractivity contribution < 1.29 is 4.79 Å². The number of thioether (sulfide) groups is 1. The number of halogens is 1. The molecule has 0 bridgehead atoms. The van der Waals surface area contributed by atoms with Crippen molar-refractivity contribution >= 4 is 35.0 Å². The molecule has 1 unspecified atom stereocenters. The van der Waals surface area contributed by atoms with Gasteiger partial charge in [-0.05, 0) is 31.2 Å². The number of hydrogen-bond donors (Lipinski definition) is 0. The zero-order chi connectivity index (χ0) is 21.1. The minimum atomic E-state index is -0.240. The smallest absolute Gasteiger partial charge is 0.236 e. The van der Waals surface area contributed by atoms with Gasteiger partial charge in [-0.2, -0.15) is 0 Å². The highest BCUT2D eigenvalue weighted by molar-refractivity contribution is 8.00. The molecule has 156 valence electrons. The average Bonchev–Trinajstić information content (AvgIpc) is 3.14. The number of amides is 1. The molecule has 2 aromatic carbocycles. The van der Waals surface area contributed by atoms with Crippen LogP contribution >= 0.6 is 23.4 Å². The Morgan fingerprint density at radius 3 is 2.37 bits per heavy atom. The van der Waals surface area contributed by atoms with E-state index in [0.29, 0.717) is 16.0 Å². The van der Waals surface area contributed by atoms with E-state index in [4.69, 9.17) is 11.6 Å². The van der Waals surface area contributed by atoms with Crippen LogP contribution in [0.4, 0.5) is 5.69 Å². The molecule has 30 heavy (non-hydrogen) atoms. The van der Waals surface area contributed by atoms with Crippen molar-refractivity contribution in [2.24, 2.45) is 7.05 Å². The first-order valence-electron chi connectivity index (χ1n) is 9.94. The predicted molar refractivity (Wildman–Crippen MR) is 122 cm³/mol. The molecule has 1 amide bonds. The number of aromatic nitrogens is 3. The van der Waals surface area contributed by atoms with E-state index in [2.05, 4.69) is 27.2 Å². The van der Waals surface area contributed by atoms with Crippen LogP contribution in [0.15, 0.2) is 59.8 Å². The van der Waals surface area contributed by atoms with Crippen molar-refractivity contribution in [2.45, 2.75) is 17.3 Å². The van der Waals surface area contributed by atoms with Crippen molar-refractivity contribution in [1.82, 2.24) is 19.7 Å². The number of carbonyl (C=O) groups is 1. The van der Waals surface area contributed by atoms with Gasteiger partial charge in [-0.15, -0.1) is 10.2 Å². The minimum Gasteiger partial charge on any atom is -0.368 e. The second kappa shape index (κ2) is 9.10. The van der Waals surface area contributed by atoms with Crippen LogP contribution in [0.5, 0.6) is 0 Å². The zero-order valence-corrected chi connectivity index (χ0v) is 18.6. The minimum absolute atomic E-state index is 0.134. The van der Waals surface area contributed by atoms with Gasteiger partial charge in [-0.25, -0.2) is 0 Å². The van der Waals surface area contributed by atoms with Gasteiger partial charge < -0.3 is 14.4 Å². The molecule has 1 fully saturated rings. The molecular weight excluding hydrogens is 418 g/mol. The van der Waals surface area contributed by atoms with Crippen molar-refractivity contribution in [3.63, 3.8) is 0 Å². The number of benzene rings is 2. The lowest BCUT2D eigenvalue weighted by Gasteiger charge is -2.37. The molecule has 1 aromatic heterocycles.